The maximum Gasteiger partial charge on any atom is 0.189 e. The van der Waals surface area contributed by atoms with Gasteiger partial charge in [-0.25, -0.2) is 4.98 Å². The van der Waals surface area contributed by atoms with Gasteiger partial charge in [0.15, 0.2) is 5.11 Å². The van der Waals surface area contributed by atoms with Gasteiger partial charge in [0.1, 0.15) is 11.5 Å². The van der Waals surface area contributed by atoms with Gasteiger partial charge in [-0.05, 0) is 42.4 Å². The summed E-state index contributed by atoms with van der Waals surface area (Å²) in [5.41, 5.74) is 7.44. The zero-order valence-corrected chi connectivity index (χ0v) is 17.6. The van der Waals surface area contributed by atoms with E-state index in [1.54, 1.807) is 0 Å². The smallest absolute Gasteiger partial charge is 0.189 e. The van der Waals surface area contributed by atoms with Gasteiger partial charge >= 0.3 is 0 Å². The molecule has 0 radical (unpaired) electrons. The van der Waals surface area contributed by atoms with E-state index in [0.29, 0.717) is 5.11 Å². The second-order valence-corrected chi connectivity index (χ2v) is 7.64. The molecule has 0 bridgehead atoms. The highest BCUT2D eigenvalue weighted by Gasteiger charge is 2.22. The number of hydrogen-bond acceptors (Lipinski definition) is 6. The summed E-state index contributed by atoms with van der Waals surface area (Å²) >= 11 is 5.60. The molecule has 0 aromatic carbocycles. The first-order valence-electron chi connectivity index (χ1n) is 10.3. The molecule has 1 fully saturated rings. The third kappa shape index (κ3) is 4.48. The van der Waals surface area contributed by atoms with Gasteiger partial charge in [-0.1, -0.05) is 19.4 Å². The van der Waals surface area contributed by atoms with Crippen molar-refractivity contribution in [3.05, 3.63) is 47.9 Å². The van der Waals surface area contributed by atoms with E-state index in [-0.39, 0.29) is 0 Å². The molecule has 152 valence electrons. The minimum Gasteiger partial charge on any atom is -0.383 e. The first-order chi connectivity index (χ1) is 14.3. The largest absolute Gasteiger partial charge is 0.383 e. The lowest BCUT2D eigenvalue weighted by atomic mass is 10.0. The molecule has 8 heteroatoms. The minimum atomic E-state index is 0.669. The maximum absolute atomic E-state index is 5.60. The predicted molar refractivity (Wildman–Crippen MR) is 122 cm³/mol. The molecule has 4 heterocycles. The van der Waals surface area contributed by atoms with E-state index in [9.17, 15) is 0 Å². The van der Waals surface area contributed by atoms with Gasteiger partial charge in [0.25, 0.3) is 0 Å². The normalized spacial score (nSPS) is 17.6. The van der Waals surface area contributed by atoms with Gasteiger partial charge in [0, 0.05) is 51.5 Å². The molecule has 2 aromatic rings. The number of aromatic nitrogens is 2. The van der Waals surface area contributed by atoms with Gasteiger partial charge in [0.2, 0.25) is 0 Å². The molecule has 2 aliphatic rings. The van der Waals surface area contributed by atoms with Gasteiger partial charge in [-0.2, -0.15) is 5.10 Å². The van der Waals surface area contributed by atoms with Crippen molar-refractivity contribution in [2.45, 2.75) is 26.2 Å². The fraction of sp³-hybridized carbons (Fsp3) is 0.429. The van der Waals surface area contributed by atoms with Crippen molar-refractivity contribution in [3.8, 4) is 0 Å². The number of rotatable bonds is 4. The summed E-state index contributed by atoms with van der Waals surface area (Å²) in [4.78, 5) is 13.5. The monoisotopic (exact) mass is 409 g/mol. The molecule has 0 spiro atoms. The SMILES string of the molecule is CCCc1ccnc2c1NCC/C2=N/NC(=S)N1CCN(c2ccccn2)CC1. The molecule has 1 saturated heterocycles. The highest BCUT2D eigenvalue weighted by Crippen LogP contribution is 2.25. The van der Waals surface area contributed by atoms with Crippen molar-refractivity contribution < 1.29 is 0 Å². The number of piperazine rings is 1. The number of nitrogens with zero attached hydrogens (tertiary/aromatic N) is 5. The molecular formula is C21H27N7S. The quantitative estimate of drug-likeness (QED) is 0.594. The minimum absolute atomic E-state index is 0.669. The molecule has 0 atom stereocenters. The van der Waals surface area contributed by atoms with E-state index in [2.05, 4.69) is 48.6 Å². The van der Waals surface area contributed by atoms with E-state index in [1.165, 1.54) is 5.56 Å². The third-order valence-corrected chi connectivity index (χ3v) is 5.67. The molecular weight excluding hydrogens is 382 g/mol. The zero-order chi connectivity index (χ0) is 20.1. The Balaban J connectivity index is 1.38. The topological polar surface area (TPSA) is 68.7 Å². The lowest BCUT2D eigenvalue weighted by Gasteiger charge is -2.36. The summed E-state index contributed by atoms with van der Waals surface area (Å²) in [5.74, 6) is 1.02. The van der Waals surface area contributed by atoms with Crippen LogP contribution in [-0.4, -0.2) is 58.4 Å². The molecule has 2 N–H and O–H groups in total. The fourth-order valence-electron chi connectivity index (χ4n) is 3.79. The first kappa shape index (κ1) is 19.6. The second kappa shape index (κ2) is 9.17. The van der Waals surface area contributed by atoms with E-state index in [0.717, 1.165) is 74.9 Å². The zero-order valence-electron chi connectivity index (χ0n) is 16.8. The van der Waals surface area contributed by atoms with Crippen LogP contribution in [0.2, 0.25) is 0 Å². The molecule has 7 nitrogen and oxygen atoms in total. The summed E-state index contributed by atoms with van der Waals surface area (Å²) in [5, 5.41) is 8.79. The molecule has 2 aliphatic heterocycles. The number of hydrazone groups is 1. The Bertz CT molecular complexity index is 876. The Morgan fingerprint density at radius 3 is 2.79 bits per heavy atom. The van der Waals surface area contributed by atoms with Crippen LogP contribution in [0.3, 0.4) is 0 Å². The third-order valence-electron chi connectivity index (χ3n) is 5.32. The lowest BCUT2D eigenvalue weighted by molar-refractivity contribution is 0.380. The Morgan fingerprint density at radius 2 is 2.03 bits per heavy atom. The number of fused-ring (bicyclic) bond motifs is 1. The van der Waals surface area contributed by atoms with Crippen molar-refractivity contribution in [2.24, 2.45) is 5.10 Å². The van der Waals surface area contributed by atoms with E-state index < -0.39 is 0 Å². The number of pyridine rings is 2. The average molecular weight is 410 g/mol. The predicted octanol–water partition coefficient (Wildman–Crippen LogP) is 2.65. The Kier molecular flexibility index (Phi) is 6.19. The van der Waals surface area contributed by atoms with Crippen LogP contribution in [0.4, 0.5) is 11.5 Å². The molecule has 0 unspecified atom stereocenters. The van der Waals surface area contributed by atoms with Crippen LogP contribution in [-0.2, 0) is 6.42 Å². The van der Waals surface area contributed by atoms with Crippen LogP contribution < -0.4 is 15.6 Å². The highest BCUT2D eigenvalue weighted by molar-refractivity contribution is 7.80. The first-order valence-corrected chi connectivity index (χ1v) is 10.7. The molecule has 0 saturated carbocycles. The Labute approximate surface area is 177 Å². The maximum atomic E-state index is 5.60. The van der Waals surface area contributed by atoms with Gasteiger partial charge in [0.05, 0.1) is 11.4 Å². The number of hydrogen-bond donors (Lipinski definition) is 2. The van der Waals surface area contributed by atoms with Crippen molar-refractivity contribution in [1.82, 2.24) is 20.3 Å². The number of anilines is 2. The van der Waals surface area contributed by atoms with Gasteiger partial charge in [-0.3, -0.25) is 10.4 Å². The van der Waals surface area contributed by atoms with Gasteiger partial charge < -0.3 is 15.1 Å². The van der Waals surface area contributed by atoms with Gasteiger partial charge in [-0.15, -0.1) is 0 Å². The molecule has 0 amide bonds. The molecule has 29 heavy (non-hydrogen) atoms. The Hall–Kier alpha value is -2.74. The van der Waals surface area contributed by atoms with Crippen molar-refractivity contribution >= 4 is 34.5 Å². The number of thiocarbonyl (C=S) groups is 1. The summed E-state index contributed by atoms with van der Waals surface area (Å²) < 4.78 is 0. The molecule has 0 aliphatic carbocycles. The van der Waals surface area contributed by atoms with Crippen LogP contribution in [0.1, 0.15) is 31.0 Å². The Morgan fingerprint density at radius 1 is 1.17 bits per heavy atom. The van der Waals surface area contributed by atoms with E-state index in [4.69, 9.17) is 12.2 Å². The van der Waals surface area contributed by atoms with Crippen molar-refractivity contribution in [3.63, 3.8) is 0 Å². The van der Waals surface area contributed by atoms with Crippen LogP contribution in [0.5, 0.6) is 0 Å². The number of aryl methyl sites for hydroxylation is 1. The van der Waals surface area contributed by atoms with Crippen LogP contribution >= 0.6 is 12.2 Å². The molecule has 2 aromatic heterocycles. The van der Waals surface area contributed by atoms with E-state index in [1.807, 2.05) is 30.6 Å². The van der Waals surface area contributed by atoms with E-state index >= 15 is 0 Å². The average Bonchev–Trinajstić information content (AvgIpc) is 2.78. The summed E-state index contributed by atoms with van der Waals surface area (Å²) in [6.45, 7) is 6.55. The highest BCUT2D eigenvalue weighted by atomic mass is 32.1. The summed E-state index contributed by atoms with van der Waals surface area (Å²) in [6.07, 6.45) is 6.69. The standard InChI is InChI=1S/C21H27N7S/c1-2-5-16-7-10-24-20-17(8-11-23-19(16)20)25-26-21(29)28-14-12-27(13-15-28)18-6-3-4-9-22-18/h3-4,6-7,9-10,23H,2,5,8,11-15H2,1H3,(H,26,29)/b25-17-. The van der Waals surface area contributed by atoms with Crippen molar-refractivity contribution in [2.75, 3.05) is 42.9 Å². The summed E-state index contributed by atoms with van der Waals surface area (Å²) in [6, 6.07) is 8.11. The fourth-order valence-corrected chi connectivity index (χ4v) is 4.02. The van der Waals surface area contributed by atoms with Crippen LogP contribution in [0, 0.1) is 0 Å². The second-order valence-electron chi connectivity index (χ2n) is 7.26. The number of nitrogens with one attached hydrogen (secondary N) is 2. The van der Waals surface area contributed by atoms with Crippen LogP contribution in [0.15, 0.2) is 41.8 Å². The lowest BCUT2D eigenvalue weighted by Crippen LogP contribution is -2.51. The molecule has 4 rings (SSSR count). The van der Waals surface area contributed by atoms with Crippen molar-refractivity contribution in [1.29, 1.82) is 0 Å². The van der Waals surface area contributed by atoms with Crippen LogP contribution in [0.25, 0.3) is 0 Å². The summed E-state index contributed by atoms with van der Waals surface area (Å²) in [7, 11) is 0.